The minimum atomic E-state index is -0.492. The van der Waals surface area contributed by atoms with Gasteiger partial charge in [-0.05, 0) is 41.9 Å². The third-order valence-corrected chi connectivity index (χ3v) is 4.20. The Morgan fingerprint density at radius 1 is 1.29 bits per heavy atom. The first-order chi connectivity index (χ1) is 10.0. The van der Waals surface area contributed by atoms with E-state index in [1.165, 1.54) is 4.90 Å². The highest BCUT2D eigenvalue weighted by molar-refractivity contribution is 9.10. The smallest absolute Gasteiger partial charge is 0.299 e. The summed E-state index contributed by atoms with van der Waals surface area (Å²) in [6.07, 6.45) is 3.47. The lowest BCUT2D eigenvalue weighted by atomic mass is 10.1. The average Bonchev–Trinajstić information content (AvgIpc) is 2.99. The van der Waals surface area contributed by atoms with E-state index in [1.807, 2.05) is 24.5 Å². The molecule has 1 aliphatic heterocycles. The van der Waals surface area contributed by atoms with Crippen LogP contribution in [0.4, 0.5) is 5.69 Å². The van der Waals surface area contributed by atoms with E-state index in [1.54, 1.807) is 24.7 Å². The summed E-state index contributed by atoms with van der Waals surface area (Å²) < 4.78 is 2.74. The van der Waals surface area contributed by atoms with Crippen molar-refractivity contribution >= 4 is 33.3 Å². The van der Waals surface area contributed by atoms with Gasteiger partial charge in [0, 0.05) is 16.7 Å². The van der Waals surface area contributed by atoms with Crippen molar-refractivity contribution in [2.75, 3.05) is 4.90 Å². The molecule has 5 nitrogen and oxygen atoms in total. The molecule has 0 saturated carbocycles. The van der Waals surface area contributed by atoms with Crippen LogP contribution in [-0.4, -0.2) is 21.2 Å². The summed E-state index contributed by atoms with van der Waals surface area (Å²) in [6.45, 7) is 4.43. The number of para-hydroxylation sites is 1. The van der Waals surface area contributed by atoms with Crippen LogP contribution in [0.15, 0.2) is 35.2 Å². The Labute approximate surface area is 130 Å². The fourth-order valence-electron chi connectivity index (χ4n) is 2.54. The van der Waals surface area contributed by atoms with Crippen molar-refractivity contribution in [3.05, 3.63) is 46.5 Å². The zero-order valence-corrected chi connectivity index (χ0v) is 13.3. The number of anilines is 1. The largest absolute Gasteiger partial charge is 0.330 e. The summed E-state index contributed by atoms with van der Waals surface area (Å²) in [4.78, 5) is 30.0. The number of carbonyl (C=O) groups is 2. The molecular weight excluding hydrogens is 334 g/mol. The van der Waals surface area contributed by atoms with Crippen molar-refractivity contribution in [3.63, 3.8) is 0 Å². The second-order valence-electron chi connectivity index (χ2n) is 5.24. The third kappa shape index (κ3) is 2.19. The molecule has 0 aliphatic carbocycles. The molecule has 1 aromatic heterocycles. The lowest BCUT2D eigenvalue weighted by Gasteiger charge is -2.20. The number of aromatic nitrogens is 2. The van der Waals surface area contributed by atoms with Gasteiger partial charge in [0.2, 0.25) is 0 Å². The van der Waals surface area contributed by atoms with E-state index in [-0.39, 0.29) is 6.04 Å². The van der Waals surface area contributed by atoms with E-state index in [0.717, 1.165) is 10.2 Å². The first kappa shape index (κ1) is 14.0. The SMILES string of the molecule is CC(C)n1cncc1CN1C(=O)C(=O)c2cccc(Br)c21. The number of nitrogens with zero attached hydrogens (tertiary/aromatic N) is 3. The van der Waals surface area contributed by atoms with Gasteiger partial charge in [-0.25, -0.2) is 4.98 Å². The van der Waals surface area contributed by atoms with Crippen molar-refractivity contribution in [2.45, 2.75) is 26.4 Å². The molecule has 21 heavy (non-hydrogen) atoms. The molecule has 2 aromatic rings. The van der Waals surface area contributed by atoms with Crippen LogP contribution in [-0.2, 0) is 11.3 Å². The summed E-state index contributed by atoms with van der Waals surface area (Å²) in [7, 11) is 0. The van der Waals surface area contributed by atoms with Gasteiger partial charge in [-0.1, -0.05) is 6.07 Å². The van der Waals surface area contributed by atoms with E-state index in [9.17, 15) is 9.59 Å². The van der Waals surface area contributed by atoms with Gasteiger partial charge in [0.25, 0.3) is 11.7 Å². The van der Waals surface area contributed by atoms with Crippen LogP contribution in [0.5, 0.6) is 0 Å². The van der Waals surface area contributed by atoms with Crippen LogP contribution in [0, 0.1) is 0 Å². The lowest BCUT2D eigenvalue weighted by molar-refractivity contribution is -0.114. The van der Waals surface area contributed by atoms with E-state index < -0.39 is 11.7 Å². The second-order valence-corrected chi connectivity index (χ2v) is 6.10. The fraction of sp³-hybridized carbons (Fsp3) is 0.267. The monoisotopic (exact) mass is 347 g/mol. The highest BCUT2D eigenvalue weighted by Crippen LogP contribution is 2.36. The molecule has 1 aromatic carbocycles. The predicted molar refractivity (Wildman–Crippen MR) is 82.3 cm³/mol. The molecule has 2 heterocycles. The molecule has 108 valence electrons. The van der Waals surface area contributed by atoms with Crippen LogP contribution in [0.2, 0.25) is 0 Å². The van der Waals surface area contributed by atoms with Crippen LogP contribution in [0.25, 0.3) is 0 Å². The van der Waals surface area contributed by atoms with Crippen LogP contribution in [0.3, 0.4) is 0 Å². The van der Waals surface area contributed by atoms with Gasteiger partial charge >= 0.3 is 0 Å². The van der Waals surface area contributed by atoms with Crippen molar-refractivity contribution < 1.29 is 9.59 Å². The number of halogens is 1. The Morgan fingerprint density at radius 2 is 2.05 bits per heavy atom. The molecule has 0 unspecified atom stereocenters. The maximum absolute atomic E-state index is 12.2. The van der Waals surface area contributed by atoms with Crippen molar-refractivity contribution in [3.8, 4) is 0 Å². The predicted octanol–water partition coefficient (Wildman–Crippen LogP) is 2.96. The van der Waals surface area contributed by atoms with Crippen molar-refractivity contribution in [1.29, 1.82) is 0 Å². The number of Topliss-reactive ketones (excluding diaryl/α,β-unsaturated/α-hetero) is 1. The van der Waals surface area contributed by atoms with Gasteiger partial charge in [-0.2, -0.15) is 0 Å². The maximum atomic E-state index is 12.2. The number of ketones is 1. The molecule has 1 amide bonds. The Balaban J connectivity index is 2.03. The van der Waals surface area contributed by atoms with Gasteiger partial charge in [-0.3, -0.25) is 14.5 Å². The van der Waals surface area contributed by atoms with E-state index in [2.05, 4.69) is 20.9 Å². The van der Waals surface area contributed by atoms with Gasteiger partial charge in [0.15, 0.2) is 0 Å². The number of benzene rings is 1. The molecule has 1 aliphatic rings. The maximum Gasteiger partial charge on any atom is 0.299 e. The molecule has 6 heteroatoms. The fourth-order valence-corrected chi connectivity index (χ4v) is 3.12. The second kappa shape index (κ2) is 5.11. The first-order valence-corrected chi connectivity index (χ1v) is 7.45. The highest BCUT2D eigenvalue weighted by atomic mass is 79.9. The minimum Gasteiger partial charge on any atom is -0.330 e. The number of imidazole rings is 1. The van der Waals surface area contributed by atoms with E-state index >= 15 is 0 Å². The van der Waals surface area contributed by atoms with Gasteiger partial charge in [0.1, 0.15) is 0 Å². The average molecular weight is 348 g/mol. The molecule has 0 saturated heterocycles. The summed E-state index contributed by atoms with van der Waals surface area (Å²) in [5.74, 6) is -0.949. The molecule has 0 fully saturated rings. The zero-order valence-electron chi connectivity index (χ0n) is 11.7. The highest BCUT2D eigenvalue weighted by Gasteiger charge is 2.37. The molecule has 0 spiro atoms. The van der Waals surface area contributed by atoms with Gasteiger partial charge in [-0.15, -0.1) is 0 Å². The minimum absolute atomic E-state index is 0.245. The van der Waals surface area contributed by atoms with Crippen LogP contribution < -0.4 is 4.90 Å². The van der Waals surface area contributed by atoms with E-state index in [4.69, 9.17) is 0 Å². The molecule has 0 N–H and O–H groups in total. The Kier molecular flexibility index (Phi) is 3.41. The number of hydrogen-bond donors (Lipinski definition) is 0. The number of hydrogen-bond acceptors (Lipinski definition) is 3. The zero-order chi connectivity index (χ0) is 15.1. The summed E-state index contributed by atoms with van der Waals surface area (Å²) in [6, 6.07) is 5.52. The number of carbonyl (C=O) groups excluding carboxylic acids is 2. The van der Waals surface area contributed by atoms with Gasteiger partial charge < -0.3 is 4.57 Å². The quantitative estimate of drug-likeness (QED) is 0.802. The van der Waals surface area contributed by atoms with Crippen molar-refractivity contribution in [1.82, 2.24) is 9.55 Å². The Bertz CT molecular complexity index is 736. The molecule has 0 bridgehead atoms. The van der Waals surface area contributed by atoms with Crippen molar-refractivity contribution in [2.24, 2.45) is 0 Å². The molecular formula is C15H14BrN3O2. The Morgan fingerprint density at radius 3 is 2.76 bits per heavy atom. The first-order valence-electron chi connectivity index (χ1n) is 6.66. The van der Waals surface area contributed by atoms with Gasteiger partial charge in [0.05, 0.1) is 29.8 Å². The number of rotatable bonds is 3. The molecule has 0 atom stereocenters. The summed E-state index contributed by atoms with van der Waals surface area (Å²) in [5, 5.41) is 0. The molecule has 0 radical (unpaired) electrons. The number of fused-ring (bicyclic) bond motifs is 1. The lowest BCUT2D eigenvalue weighted by Crippen LogP contribution is -2.30. The summed E-state index contributed by atoms with van der Waals surface area (Å²) in [5.41, 5.74) is 1.99. The summed E-state index contributed by atoms with van der Waals surface area (Å²) >= 11 is 3.43. The molecule has 3 rings (SSSR count). The number of amides is 1. The van der Waals surface area contributed by atoms with Crippen LogP contribution >= 0.6 is 15.9 Å². The Hall–Kier alpha value is -1.95. The topological polar surface area (TPSA) is 55.2 Å². The normalized spacial score (nSPS) is 14.2. The standard InChI is InChI=1S/C15H14BrN3O2/c1-9(2)19-8-17-6-10(19)7-18-13-11(14(20)15(18)21)4-3-5-12(13)16/h3-6,8-9H,7H2,1-2H3. The van der Waals surface area contributed by atoms with Crippen LogP contribution in [0.1, 0.15) is 35.9 Å². The third-order valence-electron chi connectivity index (χ3n) is 3.56. The van der Waals surface area contributed by atoms with E-state index in [0.29, 0.717) is 17.8 Å².